The molecule has 0 radical (unpaired) electrons. The highest BCUT2D eigenvalue weighted by atomic mass is 19.3. The topological polar surface area (TPSA) is 297 Å². The van der Waals surface area contributed by atoms with E-state index in [1.165, 1.54) is 33.5 Å². The summed E-state index contributed by atoms with van der Waals surface area (Å²) >= 11 is 0. The Kier molecular flexibility index (Phi) is 23.3. The van der Waals surface area contributed by atoms with Crippen LogP contribution in [-0.2, 0) is 49.9 Å². The van der Waals surface area contributed by atoms with E-state index in [1.54, 1.807) is 77.1 Å². The first-order chi connectivity index (χ1) is 55.9. The summed E-state index contributed by atoms with van der Waals surface area (Å²) in [6.07, 6.45) is 15.1. The molecule has 29 heteroatoms. The van der Waals surface area contributed by atoms with Crippen molar-refractivity contribution >= 4 is 64.7 Å². The molecule has 25 nitrogen and oxygen atoms in total. The highest BCUT2D eigenvalue weighted by molar-refractivity contribution is 6.06. The van der Waals surface area contributed by atoms with Gasteiger partial charge in [-0.05, 0) is 195 Å². The number of rotatable bonds is 17. The molecular weight excluding hydrogens is 1530 g/mol. The monoisotopic (exact) mass is 1640 g/mol. The van der Waals surface area contributed by atoms with Gasteiger partial charge in [-0.1, -0.05) is 91.1 Å². The molecule has 0 unspecified atom stereocenters. The van der Waals surface area contributed by atoms with Crippen LogP contribution in [0, 0.1) is 28.6 Å². The maximum Gasteiger partial charge on any atom is 0.410 e. The maximum atomic E-state index is 16.6. The molecule has 2 saturated carbocycles. The third kappa shape index (κ3) is 16.3. The molecule has 119 heavy (non-hydrogen) atoms. The van der Waals surface area contributed by atoms with E-state index >= 15 is 17.6 Å². The van der Waals surface area contributed by atoms with Crippen molar-refractivity contribution in [3.8, 4) is 44.8 Å². The summed E-state index contributed by atoms with van der Waals surface area (Å²) in [5, 5.41) is 8.19. The van der Waals surface area contributed by atoms with Gasteiger partial charge in [0.1, 0.15) is 35.4 Å². The third-order valence-electron chi connectivity index (χ3n) is 25.6. The van der Waals surface area contributed by atoms with Gasteiger partial charge >= 0.3 is 24.4 Å². The number of amides is 7. The summed E-state index contributed by atoms with van der Waals surface area (Å²) in [6.45, 7) is 16.3. The van der Waals surface area contributed by atoms with E-state index in [0.717, 1.165) is 80.4 Å². The minimum atomic E-state index is -3.28. The van der Waals surface area contributed by atoms with Crippen LogP contribution in [0.3, 0.4) is 0 Å². The van der Waals surface area contributed by atoms with Crippen LogP contribution in [0.25, 0.3) is 55.9 Å². The Balaban J connectivity index is 0.000000193. The van der Waals surface area contributed by atoms with Crippen LogP contribution in [0.1, 0.15) is 210 Å². The van der Waals surface area contributed by atoms with Crippen molar-refractivity contribution in [3.05, 3.63) is 143 Å². The summed E-state index contributed by atoms with van der Waals surface area (Å²) in [7, 11) is 3.82. The number of ether oxygens (including phenoxy) is 5. The average Bonchev–Trinajstić information content (AvgIpc) is 1.62. The number of fused-ring (bicyclic) bond motifs is 6. The molecule has 2 spiro atoms. The number of allylic oxidation sites excluding steroid dienone is 2. The van der Waals surface area contributed by atoms with Gasteiger partial charge in [-0.25, -0.2) is 29.1 Å². The van der Waals surface area contributed by atoms with Crippen LogP contribution in [0.15, 0.2) is 108 Å². The number of halogens is 4. The van der Waals surface area contributed by atoms with Gasteiger partial charge in [0, 0.05) is 109 Å². The Hall–Kier alpha value is -10.7. The van der Waals surface area contributed by atoms with E-state index in [4.69, 9.17) is 33.7 Å². The molecule has 634 valence electrons. The van der Waals surface area contributed by atoms with Gasteiger partial charge in [0.2, 0.25) is 17.7 Å². The standard InChI is InChI=1S/C46H53F2N7O7.C42H48F2N6O5.2CH4/c1-25(2)38(52-43(58)60-3)41(56)55-24-45(13-14-45)21-37(55)34-20-29(22-49-34)27-7-9-30-31-10-8-28(19-33(31)46(47,48)32(30)18-27)35-23-50-40(51-35)36-6-5-15-54(36)42(57)39(53-44(59)61-4)26-11-16-62-17-12-26;1-23(2)35(48-38(52)54-6)37(51)50-22-41(13-14-41)19-34(50)31-18-26(20-45-31)24-9-11-27-28-12-10-25(17-30(28)42(43,44)29(27)16-24)32-21-46-36(47-32)33-8-7-15-49(33)39(53)55-40(3,4)5;;/h7-10,18-19,22-23,25-26,36-39H,5-6,11-17,20-21,24H2,1-4H3,(H,50,51)(H,52,58)(H,53,59);9-12,16-17,20-21,23,33-35H,7-8,13-15,18-19,22H2,1-6H3,(H,46,47)(H,48,52);2*1H4/t36-,37-,38-,39-;33-,34-,35-;;/m00../s1. The summed E-state index contributed by atoms with van der Waals surface area (Å²) in [4.78, 5) is 124. The SMILES string of the molecule is C.C.COC(=O)N[C@H](C(=O)N1CC2(CC2)C[C@H]1C1=NC=C(c2ccc3c(c2)C(F)(F)c2cc(-c4cnc([C@@H]5CCCN5C(=O)OC(C)(C)C)[nH]4)ccc2-3)C1)C(C)C.COC(=O)N[C@H](C(=O)N1CC2(CC2)C[C@H]1C1=NC=C(c2ccc3c(c2)C(F)(F)c2cc(-c4cnc([C@@H]5CCCN5C(=O)[C@@H](NC(=O)OC)C5CCOCC5)[nH]4)ccc2-3)C1)C(C)C. The zero-order chi connectivity index (χ0) is 82.5. The molecule has 0 bridgehead atoms. The molecule has 4 aromatic carbocycles. The predicted molar refractivity (Wildman–Crippen MR) is 442 cm³/mol. The van der Waals surface area contributed by atoms with Crippen molar-refractivity contribution < 1.29 is 74.8 Å². The van der Waals surface area contributed by atoms with E-state index in [9.17, 15) is 33.6 Å². The number of alkyl halides is 4. The van der Waals surface area contributed by atoms with Gasteiger partial charge in [0.05, 0.1) is 69.3 Å². The average molecular weight is 1640 g/mol. The van der Waals surface area contributed by atoms with E-state index in [0.29, 0.717) is 139 Å². The number of aliphatic imine (C=N–C) groups is 2. The van der Waals surface area contributed by atoms with Crippen molar-refractivity contribution in [1.29, 1.82) is 0 Å². The number of benzene rings is 4. The minimum absolute atomic E-state index is 0. The second-order valence-electron chi connectivity index (χ2n) is 35.1. The number of imidazole rings is 2. The van der Waals surface area contributed by atoms with E-state index in [2.05, 4.69) is 35.9 Å². The smallest absolute Gasteiger partial charge is 0.410 e. The molecule has 7 aliphatic heterocycles. The van der Waals surface area contributed by atoms with Crippen LogP contribution in [0.5, 0.6) is 0 Å². The van der Waals surface area contributed by atoms with E-state index < -0.39 is 59.9 Å². The minimum Gasteiger partial charge on any atom is -0.453 e. The number of aromatic amines is 2. The molecule has 4 aliphatic carbocycles. The van der Waals surface area contributed by atoms with Crippen molar-refractivity contribution in [1.82, 2.24) is 55.5 Å². The van der Waals surface area contributed by atoms with Crippen LogP contribution >= 0.6 is 0 Å². The molecule has 2 aromatic heterocycles. The zero-order valence-electron chi connectivity index (χ0n) is 67.6. The van der Waals surface area contributed by atoms with Gasteiger partial charge in [-0.3, -0.25) is 29.3 Å². The molecule has 6 aromatic rings. The Labute approximate surface area is 691 Å². The third-order valence-corrected chi connectivity index (χ3v) is 25.6. The van der Waals surface area contributed by atoms with Crippen molar-refractivity contribution in [2.24, 2.45) is 38.6 Å². The molecule has 5 N–H and O–H groups in total. The zero-order valence-corrected chi connectivity index (χ0v) is 67.6. The number of nitrogens with one attached hydrogen (secondary N) is 5. The van der Waals surface area contributed by atoms with Crippen molar-refractivity contribution in [2.45, 2.75) is 213 Å². The van der Waals surface area contributed by atoms with E-state index in [1.807, 2.05) is 76.5 Å². The van der Waals surface area contributed by atoms with Gasteiger partial charge < -0.3 is 64.3 Å². The summed E-state index contributed by atoms with van der Waals surface area (Å²) in [5.74, 6) is -6.33. The number of methoxy groups -OCH3 is 3. The quantitative estimate of drug-likeness (QED) is 0.0419. The molecule has 11 aliphatic rings. The number of hydrogen-bond acceptors (Lipinski definition) is 16. The fraction of sp³-hybridized carbons (Fsp3) is 0.522. The van der Waals surface area contributed by atoms with E-state index in [-0.39, 0.29) is 108 Å². The van der Waals surface area contributed by atoms with Crippen molar-refractivity contribution in [2.75, 3.05) is 60.7 Å². The van der Waals surface area contributed by atoms with Gasteiger partial charge in [-0.2, -0.15) is 17.6 Å². The molecule has 7 fully saturated rings. The summed E-state index contributed by atoms with van der Waals surface area (Å²) in [5.41, 5.74) is 7.92. The number of H-pyrrole nitrogens is 2. The van der Waals surface area contributed by atoms with Gasteiger partial charge in [0.15, 0.2) is 0 Å². The number of hydrogen-bond donors (Lipinski definition) is 5. The van der Waals surface area contributed by atoms with Crippen molar-refractivity contribution in [3.63, 3.8) is 0 Å². The van der Waals surface area contributed by atoms with Crippen LogP contribution in [0.4, 0.5) is 36.7 Å². The van der Waals surface area contributed by atoms with Crippen LogP contribution < -0.4 is 16.0 Å². The second kappa shape index (κ2) is 32.8. The Morgan fingerprint density at radius 1 is 0.513 bits per heavy atom. The Morgan fingerprint density at radius 2 is 0.899 bits per heavy atom. The molecular formula is C90H109F4N13O12. The maximum absolute atomic E-state index is 16.6. The lowest BCUT2D eigenvalue weighted by Crippen LogP contribution is -2.53. The lowest BCUT2D eigenvalue weighted by molar-refractivity contribution is -0.137. The van der Waals surface area contributed by atoms with Crippen LogP contribution in [-0.4, -0.2) is 190 Å². The molecule has 17 rings (SSSR count). The van der Waals surface area contributed by atoms with Gasteiger partial charge in [-0.15, -0.1) is 0 Å². The molecule has 7 atom stereocenters. The highest BCUT2D eigenvalue weighted by Crippen LogP contribution is 2.59. The van der Waals surface area contributed by atoms with Gasteiger partial charge in [0.25, 0.3) is 11.8 Å². The number of alkyl carbamates (subject to hydrolysis) is 3. The second-order valence-corrected chi connectivity index (χ2v) is 35.1. The number of carbonyl (C=O) groups is 7. The lowest BCUT2D eigenvalue weighted by atomic mass is 9.90. The fourth-order valence-corrected chi connectivity index (χ4v) is 18.8. The largest absolute Gasteiger partial charge is 0.453 e. The summed E-state index contributed by atoms with van der Waals surface area (Å²) < 4.78 is 91.6. The number of likely N-dealkylation sites (tertiary alicyclic amines) is 4. The summed E-state index contributed by atoms with van der Waals surface area (Å²) in [6, 6.07) is 17.1. The fourth-order valence-electron chi connectivity index (χ4n) is 18.8. The molecule has 5 saturated heterocycles. The molecule has 9 heterocycles. The number of aromatic nitrogens is 4. The Bertz CT molecular complexity index is 5100. The Morgan fingerprint density at radius 3 is 1.29 bits per heavy atom. The first-order valence-corrected chi connectivity index (χ1v) is 40.9. The lowest BCUT2D eigenvalue weighted by Gasteiger charge is -2.34. The van der Waals surface area contributed by atoms with Crippen LogP contribution in [0.2, 0.25) is 0 Å². The number of carbonyl (C=O) groups excluding carboxylic acids is 7. The first kappa shape index (κ1) is 84.7. The highest BCUT2D eigenvalue weighted by Gasteiger charge is 2.58. The molecule has 7 amide bonds. The first-order valence-electron chi connectivity index (χ1n) is 40.9. The predicted octanol–water partition coefficient (Wildman–Crippen LogP) is 16.4. The normalized spacial score (nSPS) is 22.4. The number of nitrogens with zero attached hydrogens (tertiary/aromatic N) is 8.